The maximum absolute atomic E-state index is 12.7. The number of anilines is 1. The molecule has 2 aromatic rings. The van der Waals surface area contributed by atoms with Gasteiger partial charge in [0.15, 0.2) is 11.5 Å². The summed E-state index contributed by atoms with van der Waals surface area (Å²) in [6.07, 6.45) is 0. The van der Waals surface area contributed by atoms with Crippen LogP contribution in [0.4, 0.5) is 11.4 Å². The van der Waals surface area contributed by atoms with Crippen LogP contribution in [0.15, 0.2) is 36.4 Å². The van der Waals surface area contributed by atoms with Crippen LogP contribution in [0.25, 0.3) is 0 Å². The zero-order valence-electron chi connectivity index (χ0n) is 17.5. The molecule has 10 nitrogen and oxygen atoms in total. The summed E-state index contributed by atoms with van der Waals surface area (Å²) in [5, 5.41) is 14.0. The Kier molecular flexibility index (Phi) is 7.27. The van der Waals surface area contributed by atoms with Gasteiger partial charge in [0.2, 0.25) is 0 Å². The molecule has 1 saturated heterocycles. The predicted octanol–water partition coefficient (Wildman–Crippen LogP) is 2.00. The van der Waals surface area contributed by atoms with E-state index in [-0.39, 0.29) is 23.0 Å². The van der Waals surface area contributed by atoms with E-state index >= 15 is 0 Å². The fourth-order valence-electron chi connectivity index (χ4n) is 3.54. The Morgan fingerprint density at radius 3 is 2.55 bits per heavy atom. The second-order valence-electron chi connectivity index (χ2n) is 7.02. The number of amides is 1. The second-order valence-corrected chi connectivity index (χ2v) is 7.02. The third kappa shape index (κ3) is 5.22. The highest BCUT2D eigenvalue weighted by molar-refractivity contribution is 5.95. The van der Waals surface area contributed by atoms with Gasteiger partial charge >= 0.3 is 0 Å². The van der Waals surface area contributed by atoms with E-state index in [4.69, 9.17) is 19.9 Å². The quantitative estimate of drug-likeness (QED) is 0.370. The number of nitrogens with two attached hydrogens (primary N) is 1. The molecule has 1 atom stereocenters. The molecule has 0 spiro atoms. The van der Waals surface area contributed by atoms with Gasteiger partial charge in [0, 0.05) is 31.3 Å². The van der Waals surface area contributed by atoms with Gasteiger partial charge in [0.05, 0.1) is 38.4 Å². The number of nitro groups is 1. The van der Waals surface area contributed by atoms with E-state index in [0.29, 0.717) is 44.3 Å². The van der Waals surface area contributed by atoms with E-state index in [1.807, 2.05) is 18.2 Å². The number of nitrogens with zero attached hydrogens (tertiary/aromatic N) is 2. The van der Waals surface area contributed by atoms with Gasteiger partial charge in [0.25, 0.3) is 11.6 Å². The number of hydrogen-bond donors (Lipinski definition) is 2. The number of morpholine rings is 1. The number of ether oxygens (including phenoxy) is 3. The molecule has 1 unspecified atom stereocenters. The number of methoxy groups -OCH3 is 2. The SMILES string of the molecule is COc1ccc(C(CNC(=O)c2ccc(N)c([N+](=O)[O-])c2)N2CCOCC2)cc1OC. The number of carbonyl (C=O) groups is 1. The number of benzene rings is 2. The minimum Gasteiger partial charge on any atom is -0.493 e. The Morgan fingerprint density at radius 2 is 1.90 bits per heavy atom. The van der Waals surface area contributed by atoms with Gasteiger partial charge in [-0.3, -0.25) is 19.8 Å². The molecule has 1 aliphatic rings. The maximum Gasteiger partial charge on any atom is 0.292 e. The standard InChI is InChI=1S/C21H26N4O6/c1-29-19-6-4-14(12-20(19)30-2)18(24-7-9-31-10-8-24)13-23-21(26)15-3-5-16(22)17(11-15)25(27)28/h3-6,11-12,18H,7-10,13,22H2,1-2H3,(H,23,26). The lowest BCUT2D eigenvalue weighted by Gasteiger charge is -2.35. The molecule has 31 heavy (non-hydrogen) atoms. The van der Waals surface area contributed by atoms with Crippen LogP contribution >= 0.6 is 0 Å². The van der Waals surface area contributed by atoms with E-state index in [9.17, 15) is 14.9 Å². The molecule has 0 saturated carbocycles. The highest BCUT2D eigenvalue weighted by Gasteiger charge is 2.25. The zero-order chi connectivity index (χ0) is 22.4. The summed E-state index contributed by atoms with van der Waals surface area (Å²) in [5.74, 6) is 0.797. The lowest BCUT2D eigenvalue weighted by molar-refractivity contribution is -0.383. The molecule has 0 radical (unpaired) electrons. The summed E-state index contributed by atoms with van der Waals surface area (Å²) in [6.45, 7) is 2.92. The van der Waals surface area contributed by atoms with Crippen LogP contribution in [0.5, 0.6) is 11.5 Å². The summed E-state index contributed by atoms with van der Waals surface area (Å²) in [7, 11) is 3.14. The number of nitro benzene ring substituents is 1. The van der Waals surface area contributed by atoms with Crippen molar-refractivity contribution in [2.45, 2.75) is 6.04 Å². The van der Waals surface area contributed by atoms with E-state index in [1.54, 1.807) is 14.2 Å². The smallest absolute Gasteiger partial charge is 0.292 e. The predicted molar refractivity (Wildman–Crippen MR) is 115 cm³/mol. The van der Waals surface area contributed by atoms with E-state index in [2.05, 4.69) is 10.2 Å². The van der Waals surface area contributed by atoms with Crippen LogP contribution in [0.2, 0.25) is 0 Å². The first kappa shape index (κ1) is 22.3. The average molecular weight is 430 g/mol. The summed E-state index contributed by atoms with van der Waals surface area (Å²) < 4.78 is 16.2. The van der Waals surface area contributed by atoms with E-state index in [1.165, 1.54) is 18.2 Å². The van der Waals surface area contributed by atoms with Gasteiger partial charge < -0.3 is 25.3 Å². The Labute approximate surface area is 180 Å². The minimum atomic E-state index is -0.605. The monoisotopic (exact) mass is 430 g/mol. The van der Waals surface area contributed by atoms with Crippen LogP contribution in [0.1, 0.15) is 22.0 Å². The Morgan fingerprint density at radius 1 is 1.19 bits per heavy atom. The largest absolute Gasteiger partial charge is 0.493 e. The molecule has 1 fully saturated rings. The summed E-state index contributed by atoms with van der Waals surface area (Å²) in [6, 6.07) is 9.52. The molecule has 0 aliphatic carbocycles. The lowest BCUT2D eigenvalue weighted by atomic mass is 10.0. The van der Waals surface area contributed by atoms with E-state index < -0.39 is 10.8 Å². The third-order valence-electron chi connectivity index (χ3n) is 5.22. The van der Waals surface area contributed by atoms with Crippen molar-refractivity contribution in [3.8, 4) is 11.5 Å². The van der Waals surface area contributed by atoms with E-state index in [0.717, 1.165) is 5.56 Å². The normalized spacial score (nSPS) is 15.2. The minimum absolute atomic E-state index is 0.0121. The molecule has 3 rings (SSSR count). The zero-order valence-corrected chi connectivity index (χ0v) is 17.5. The first-order chi connectivity index (χ1) is 14.9. The van der Waals surface area contributed by atoms with Crippen LogP contribution in [0.3, 0.4) is 0 Å². The van der Waals surface area contributed by atoms with Crippen LogP contribution in [0, 0.1) is 10.1 Å². The van der Waals surface area contributed by atoms with Crippen molar-refractivity contribution in [1.82, 2.24) is 10.2 Å². The molecular formula is C21H26N4O6. The van der Waals surface area contributed by atoms with Crippen LogP contribution < -0.4 is 20.5 Å². The molecule has 10 heteroatoms. The van der Waals surface area contributed by atoms with Crippen molar-refractivity contribution in [3.05, 3.63) is 57.6 Å². The fourth-order valence-corrected chi connectivity index (χ4v) is 3.54. The summed E-state index contributed by atoms with van der Waals surface area (Å²) >= 11 is 0. The highest BCUT2D eigenvalue weighted by atomic mass is 16.6. The van der Waals surface area contributed by atoms with Gasteiger partial charge in [-0.15, -0.1) is 0 Å². The molecule has 0 aromatic heterocycles. The molecule has 166 valence electrons. The van der Waals surface area contributed by atoms with Crippen LogP contribution in [-0.4, -0.2) is 62.8 Å². The van der Waals surface area contributed by atoms with Crippen molar-refractivity contribution in [1.29, 1.82) is 0 Å². The Hall–Kier alpha value is -3.37. The average Bonchev–Trinajstić information content (AvgIpc) is 2.79. The number of nitrogens with one attached hydrogen (secondary N) is 1. The number of rotatable bonds is 8. The first-order valence-corrected chi connectivity index (χ1v) is 9.80. The van der Waals surface area contributed by atoms with Gasteiger partial charge in [-0.05, 0) is 29.8 Å². The lowest BCUT2D eigenvalue weighted by Crippen LogP contribution is -2.43. The number of carbonyl (C=O) groups excluding carboxylic acids is 1. The molecule has 2 aromatic carbocycles. The molecule has 3 N–H and O–H groups in total. The molecule has 1 heterocycles. The summed E-state index contributed by atoms with van der Waals surface area (Å²) in [5.41, 5.74) is 6.46. The molecule has 1 aliphatic heterocycles. The van der Waals surface area contributed by atoms with Gasteiger partial charge in [-0.1, -0.05) is 6.07 Å². The van der Waals surface area contributed by atoms with Gasteiger partial charge in [-0.2, -0.15) is 0 Å². The third-order valence-corrected chi connectivity index (χ3v) is 5.22. The van der Waals surface area contributed by atoms with Crippen molar-refractivity contribution >= 4 is 17.3 Å². The molecule has 0 bridgehead atoms. The number of hydrogen-bond acceptors (Lipinski definition) is 8. The van der Waals surface area contributed by atoms with Gasteiger partial charge in [-0.25, -0.2) is 0 Å². The van der Waals surface area contributed by atoms with Crippen molar-refractivity contribution in [2.24, 2.45) is 0 Å². The molecule has 1 amide bonds. The Bertz CT molecular complexity index is 945. The Balaban J connectivity index is 1.82. The fraction of sp³-hybridized carbons (Fsp3) is 0.381. The van der Waals surface area contributed by atoms with Crippen molar-refractivity contribution in [2.75, 3.05) is 52.8 Å². The molecular weight excluding hydrogens is 404 g/mol. The van der Waals surface area contributed by atoms with Crippen molar-refractivity contribution in [3.63, 3.8) is 0 Å². The topological polar surface area (TPSA) is 129 Å². The summed E-state index contributed by atoms with van der Waals surface area (Å²) in [4.78, 5) is 25.4. The maximum atomic E-state index is 12.7. The number of nitrogen functional groups attached to an aromatic ring is 1. The van der Waals surface area contributed by atoms with Crippen molar-refractivity contribution < 1.29 is 23.9 Å². The highest BCUT2D eigenvalue weighted by Crippen LogP contribution is 2.32. The van der Waals surface area contributed by atoms with Crippen LogP contribution in [-0.2, 0) is 4.74 Å². The second kappa shape index (κ2) is 10.1. The first-order valence-electron chi connectivity index (χ1n) is 9.80. The van der Waals surface area contributed by atoms with Gasteiger partial charge in [0.1, 0.15) is 5.69 Å².